The van der Waals surface area contributed by atoms with Gasteiger partial charge in [0.25, 0.3) is 0 Å². The summed E-state index contributed by atoms with van der Waals surface area (Å²) in [6.45, 7) is -0.175. The van der Waals surface area contributed by atoms with Crippen LogP contribution >= 0.6 is 0 Å². The van der Waals surface area contributed by atoms with Crippen molar-refractivity contribution in [1.29, 1.82) is 5.41 Å². The predicted molar refractivity (Wildman–Crippen MR) is 103 cm³/mol. The molecule has 0 bridgehead atoms. The zero-order valence-corrected chi connectivity index (χ0v) is 16.5. The van der Waals surface area contributed by atoms with Gasteiger partial charge in [-0.15, -0.1) is 0 Å². The Morgan fingerprint density at radius 3 is 2.33 bits per heavy atom. The fraction of sp³-hybridized carbons (Fsp3) is 0.389. The van der Waals surface area contributed by atoms with E-state index in [1.165, 1.54) is 0 Å². The molecule has 0 aliphatic carbocycles. The molecule has 30 heavy (non-hydrogen) atoms. The lowest BCUT2D eigenvalue weighted by molar-refractivity contribution is -0.139. The number of hydrogen-bond acceptors (Lipinski definition) is 8. The summed E-state index contributed by atoms with van der Waals surface area (Å²) in [5.41, 5.74) is 0.741. The molecule has 164 valence electrons. The molecule has 12 nitrogen and oxygen atoms in total. The number of carbonyl (C=O) groups is 4. The second kappa shape index (κ2) is 12.6. The van der Waals surface area contributed by atoms with Crippen molar-refractivity contribution in [3.8, 4) is 0 Å². The first-order chi connectivity index (χ1) is 14.3. The number of nitrogens with zero attached hydrogens (tertiary/aromatic N) is 1. The number of benzene rings is 1. The molecule has 0 aliphatic rings. The topological polar surface area (TPSA) is 167 Å². The number of carboxylic acid groups (broad SMARTS) is 1. The molecule has 0 saturated carbocycles. The Balaban J connectivity index is 2.57. The second-order valence-electron chi connectivity index (χ2n) is 5.83. The number of alkyl carbamates (subject to hydrolysis) is 2. The number of rotatable bonds is 8. The Morgan fingerprint density at radius 2 is 1.77 bits per heavy atom. The third-order valence-corrected chi connectivity index (χ3v) is 3.75. The normalized spacial score (nSPS) is 10.9. The first kappa shape index (κ1) is 24.2. The fourth-order valence-electron chi connectivity index (χ4n) is 2.24. The van der Waals surface area contributed by atoms with Crippen molar-refractivity contribution in [2.45, 2.75) is 25.5 Å². The summed E-state index contributed by atoms with van der Waals surface area (Å²) in [5.74, 6) is -1.89. The monoisotopic (exact) mass is 424 g/mol. The fourth-order valence-corrected chi connectivity index (χ4v) is 2.24. The lowest BCUT2D eigenvalue weighted by Gasteiger charge is -2.22. The van der Waals surface area contributed by atoms with Gasteiger partial charge < -0.3 is 24.6 Å². The summed E-state index contributed by atoms with van der Waals surface area (Å²) >= 11 is 0. The molecule has 0 aliphatic heterocycles. The van der Waals surface area contributed by atoms with Crippen molar-refractivity contribution in [3.63, 3.8) is 0 Å². The number of guanidine groups is 1. The van der Waals surface area contributed by atoms with E-state index in [0.29, 0.717) is 0 Å². The number of carbonyl (C=O) groups excluding carboxylic acids is 3. The van der Waals surface area contributed by atoms with Crippen LogP contribution in [0.4, 0.5) is 14.4 Å². The van der Waals surface area contributed by atoms with Crippen LogP contribution in [-0.4, -0.2) is 67.0 Å². The number of hydrogen-bond donors (Lipinski definition) is 4. The third-order valence-electron chi connectivity index (χ3n) is 3.75. The molecule has 12 heteroatoms. The van der Waals surface area contributed by atoms with Crippen molar-refractivity contribution in [3.05, 3.63) is 35.9 Å². The van der Waals surface area contributed by atoms with Gasteiger partial charge in [0.1, 0.15) is 12.6 Å². The van der Waals surface area contributed by atoms with Gasteiger partial charge in [0.2, 0.25) is 5.96 Å². The highest BCUT2D eigenvalue weighted by Crippen LogP contribution is 2.05. The van der Waals surface area contributed by atoms with Gasteiger partial charge in [0, 0.05) is 6.54 Å². The summed E-state index contributed by atoms with van der Waals surface area (Å²) in [4.78, 5) is 47.0. The number of aliphatic carboxylic acids is 1. The molecular weight excluding hydrogens is 400 g/mol. The van der Waals surface area contributed by atoms with Crippen LogP contribution in [0.3, 0.4) is 0 Å². The SMILES string of the molecule is COC(=O)NC(=N)N(CCC[C@H](NC(=O)OCc1ccccc1)C(=O)O)C(=O)OC. The molecule has 0 spiro atoms. The molecule has 0 saturated heterocycles. The van der Waals surface area contributed by atoms with E-state index in [4.69, 9.17) is 10.1 Å². The van der Waals surface area contributed by atoms with E-state index in [1.807, 2.05) is 11.4 Å². The van der Waals surface area contributed by atoms with Crippen LogP contribution < -0.4 is 10.6 Å². The van der Waals surface area contributed by atoms with Crippen LogP contribution in [-0.2, 0) is 25.6 Å². The van der Waals surface area contributed by atoms with Crippen LogP contribution in [0.15, 0.2) is 30.3 Å². The highest BCUT2D eigenvalue weighted by atomic mass is 16.6. The second-order valence-corrected chi connectivity index (χ2v) is 5.83. The smallest absolute Gasteiger partial charge is 0.416 e. The van der Waals surface area contributed by atoms with Crippen molar-refractivity contribution < 1.29 is 38.5 Å². The standard InChI is InChI=1S/C18H24N4O8/c1-28-16(25)21-15(19)22(18(27)29-2)10-6-9-13(14(23)24)20-17(26)30-11-12-7-4-3-5-8-12/h3-5,7-8,13H,6,9-11H2,1-2H3,(H,20,26)(H,23,24)(H2,19,21,25)/t13-/m0/s1. The average Bonchev–Trinajstić information content (AvgIpc) is 2.74. The van der Waals surface area contributed by atoms with Gasteiger partial charge in [0.05, 0.1) is 14.2 Å². The van der Waals surface area contributed by atoms with Crippen molar-refractivity contribution in [1.82, 2.24) is 15.5 Å². The van der Waals surface area contributed by atoms with Crippen LogP contribution in [0.2, 0.25) is 0 Å². The minimum atomic E-state index is -1.29. The zero-order chi connectivity index (χ0) is 22.5. The van der Waals surface area contributed by atoms with Gasteiger partial charge >= 0.3 is 24.2 Å². The van der Waals surface area contributed by atoms with E-state index in [-0.39, 0.29) is 26.0 Å². The molecule has 1 aromatic rings. The van der Waals surface area contributed by atoms with Gasteiger partial charge in [0.15, 0.2) is 0 Å². The van der Waals surface area contributed by atoms with Gasteiger partial charge in [-0.05, 0) is 18.4 Å². The molecule has 0 unspecified atom stereocenters. The van der Waals surface area contributed by atoms with Gasteiger partial charge in [-0.1, -0.05) is 30.3 Å². The Hall–Kier alpha value is -3.83. The predicted octanol–water partition coefficient (Wildman–Crippen LogP) is 1.51. The third kappa shape index (κ3) is 8.46. The molecule has 3 amide bonds. The summed E-state index contributed by atoms with van der Waals surface area (Å²) in [6.07, 6.45) is -2.81. The maximum atomic E-state index is 11.9. The number of ether oxygens (including phenoxy) is 3. The average molecular weight is 424 g/mol. The number of carboxylic acids is 1. The van der Waals surface area contributed by atoms with Crippen molar-refractivity contribution in [2.24, 2.45) is 0 Å². The number of nitrogens with one attached hydrogen (secondary N) is 3. The minimum absolute atomic E-state index is 0.0223. The van der Waals surface area contributed by atoms with Crippen molar-refractivity contribution >= 4 is 30.2 Å². The summed E-state index contributed by atoms with van der Waals surface area (Å²) < 4.78 is 13.9. The lowest BCUT2D eigenvalue weighted by Crippen LogP contribution is -2.47. The number of methoxy groups -OCH3 is 2. The largest absolute Gasteiger partial charge is 0.480 e. The first-order valence-corrected chi connectivity index (χ1v) is 8.77. The van der Waals surface area contributed by atoms with Crippen LogP contribution in [0.25, 0.3) is 0 Å². The van der Waals surface area contributed by atoms with Gasteiger partial charge in [-0.2, -0.15) is 0 Å². The lowest BCUT2D eigenvalue weighted by atomic mass is 10.1. The quantitative estimate of drug-likeness (QED) is 0.277. The molecule has 1 rings (SSSR count). The van der Waals surface area contributed by atoms with E-state index >= 15 is 0 Å². The summed E-state index contributed by atoms with van der Waals surface area (Å²) in [7, 11) is 2.18. The molecule has 4 N–H and O–H groups in total. The van der Waals surface area contributed by atoms with E-state index in [1.54, 1.807) is 24.3 Å². The highest BCUT2D eigenvalue weighted by Gasteiger charge is 2.24. The van der Waals surface area contributed by atoms with Crippen LogP contribution in [0.1, 0.15) is 18.4 Å². The van der Waals surface area contributed by atoms with Gasteiger partial charge in [-0.25, -0.2) is 24.1 Å². The maximum absolute atomic E-state index is 11.9. The Morgan fingerprint density at radius 1 is 1.10 bits per heavy atom. The number of amides is 3. The van der Waals surface area contributed by atoms with Crippen LogP contribution in [0, 0.1) is 5.41 Å². The summed E-state index contributed by atoms with van der Waals surface area (Å²) in [5, 5.41) is 21.3. The molecule has 0 radical (unpaired) electrons. The van der Waals surface area contributed by atoms with E-state index in [0.717, 1.165) is 24.7 Å². The maximum Gasteiger partial charge on any atom is 0.416 e. The molecule has 1 aromatic carbocycles. The molecular formula is C18H24N4O8. The molecule has 0 aromatic heterocycles. The minimum Gasteiger partial charge on any atom is -0.480 e. The van der Waals surface area contributed by atoms with E-state index < -0.39 is 36.3 Å². The van der Waals surface area contributed by atoms with Crippen LogP contribution in [0.5, 0.6) is 0 Å². The van der Waals surface area contributed by atoms with E-state index in [2.05, 4.69) is 14.8 Å². The Kier molecular flexibility index (Phi) is 10.2. The van der Waals surface area contributed by atoms with Gasteiger partial charge in [-0.3, -0.25) is 10.7 Å². The molecule has 0 heterocycles. The molecule has 0 fully saturated rings. The zero-order valence-electron chi connectivity index (χ0n) is 16.5. The summed E-state index contributed by atoms with van der Waals surface area (Å²) in [6, 6.07) is 7.58. The Bertz CT molecular complexity index is 756. The molecule has 1 atom stereocenters. The highest BCUT2D eigenvalue weighted by molar-refractivity contribution is 5.99. The van der Waals surface area contributed by atoms with E-state index in [9.17, 15) is 24.3 Å². The van der Waals surface area contributed by atoms with Crippen molar-refractivity contribution in [2.75, 3.05) is 20.8 Å². The Labute approximate surface area is 172 Å². The first-order valence-electron chi connectivity index (χ1n) is 8.77.